The Labute approximate surface area is 102 Å². The second-order valence-corrected chi connectivity index (χ2v) is 4.92. The minimum atomic E-state index is -0.449. The lowest BCUT2D eigenvalue weighted by atomic mass is 10.1. The summed E-state index contributed by atoms with van der Waals surface area (Å²) in [6, 6.07) is 2.42. The fourth-order valence-corrected chi connectivity index (χ4v) is 2.30. The van der Waals surface area contributed by atoms with Crippen molar-refractivity contribution < 1.29 is 8.78 Å². The van der Waals surface area contributed by atoms with Crippen LogP contribution in [0.1, 0.15) is 12.8 Å². The summed E-state index contributed by atoms with van der Waals surface area (Å²) in [5.74, 6) is -0.863. The quantitative estimate of drug-likeness (QED) is 0.806. The van der Waals surface area contributed by atoms with Gasteiger partial charge in [0.25, 0.3) is 0 Å². The van der Waals surface area contributed by atoms with Crippen molar-refractivity contribution in [3.63, 3.8) is 0 Å². The minimum Gasteiger partial charge on any atom is -0.368 e. The minimum absolute atomic E-state index is 0.0415. The first-order chi connectivity index (χ1) is 7.58. The Balaban J connectivity index is 2.29. The van der Waals surface area contributed by atoms with Gasteiger partial charge in [-0.2, -0.15) is 0 Å². The van der Waals surface area contributed by atoms with E-state index in [1.807, 2.05) is 0 Å². The lowest BCUT2D eigenvalue weighted by molar-refractivity contribution is 0.495. The molecule has 2 N–H and O–H groups in total. The number of halogens is 3. The number of nitrogens with zero attached hydrogens (tertiary/aromatic N) is 1. The molecule has 1 heterocycles. The maximum Gasteiger partial charge on any atom is 0.147 e. The van der Waals surface area contributed by atoms with Crippen LogP contribution in [0.15, 0.2) is 16.6 Å². The van der Waals surface area contributed by atoms with Crippen molar-refractivity contribution in [2.45, 2.75) is 18.9 Å². The van der Waals surface area contributed by atoms with Gasteiger partial charge < -0.3 is 10.6 Å². The summed E-state index contributed by atoms with van der Waals surface area (Å²) in [5, 5.41) is 0. The number of hydrogen-bond donors (Lipinski definition) is 1. The molecular weight excluding hydrogens is 278 g/mol. The highest BCUT2D eigenvalue weighted by atomic mass is 79.9. The molecule has 1 saturated heterocycles. The number of hydrogen-bond acceptors (Lipinski definition) is 2. The number of piperidine rings is 1. The topological polar surface area (TPSA) is 29.3 Å². The third-order valence-corrected chi connectivity index (χ3v) is 3.40. The van der Waals surface area contributed by atoms with Crippen molar-refractivity contribution in [2.24, 2.45) is 5.73 Å². The first kappa shape index (κ1) is 11.8. The molecule has 1 aliphatic rings. The predicted octanol–water partition coefficient (Wildman–Crippen LogP) is 2.65. The van der Waals surface area contributed by atoms with Crippen molar-refractivity contribution in [1.29, 1.82) is 0 Å². The molecule has 5 heteroatoms. The van der Waals surface area contributed by atoms with Crippen molar-refractivity contribution in [2.75, 3.05) is 18.0 Å². The maximum atomic E-state index is 13.7. The standard InChI is InChI=1S/C11H13BrF2N2/c12-8-4-10(14)11(5-9(8)13)16-3-1-2-7(15)6-16/h4-5,7H,1-3,6,15H2. The van der Waals surface area contributed by atoms with Crippen LogP contribution in [0.3, 0.4) is 0 Å². The van der Waals surface area contributed by atoms with Crippen LogP contribution < -0.4 is 10.6 Å². The highest BCUT2D eigenvalue weighted by molar-refractivity contribution is 9.10. The van der Waals surface area contributed by atoms with Crippen molar-refractivity contribution >= 4 is 21.6 Å². The van der Waals surface area contributed by atoms with Gasteiger partial charge in [-0.25, -0.2) is 8.78 Å². The molecule has 2 nitrogen and oxygen atoms in total. The predicted molar refractivity (Wildman–Crippen MR) is 63.5 cm³/mol. The fraction of sp³-hybridized carbons (Fsp3) is 0.455. The van der Waals surface area contributed by atoms with E-state index in [1.165, 1.54) is 6.07 Å². The average molecular weight is 291 g/mol. The second-order valence-electron chi connectivity index (χ2n) is 4.07. The summed E-state index contributed by atoms with van der Waals surface area (Å²) in [6.07, 6.45) is 1.86. The van der Waals surface area contributed by atoms with Gasteiger partial charge in [-0.15, -0.1) is 0 Å². The van der Waals surface area contributed by atoms with E-state index in [2.05, 4.69) is 15.9 Å². The van der Waals surface area contributed by atoms with Crippen LogP contribution >= 0.6 is 15.9 Å². The Bertz CT molecular complexity index is 398. The monoisotopic (exact) mass is 290 g/mol. The molecule has 1 unspecified atom stereocenters. The molecule has 16 heavy (non-hydrogen) atoms. The van der Waals surface area contributed by atoms with E-state index in [0.717, 1.165) is 25.5 Å². The molecule has 88 valence electrons. The zero-order chi connectivity index (χ0) is 11.7. The molecule has 0 bridgehead atoms. The molecule has 0 aliphatic carbocycles. The number of nitrogens with two attached hydrogens (primary N) is 1. The zero-order valence-corrected chi connectivity index (χ0v) is 10.3. The Morgan fingerprint density at radius 3 is 2.75 bits per heavy atom. The van der Waals surface area contributed by atoms with E-state index in [4.69, 9.17) is 5.73 Å². The van der Waals surface area contributed by atoms with Crippen molar-refractivity contribution in [3.05, 3.63) is 28.2 Å². The Morgan fingerprint density at radius 2 is 2.06 bits per heavy atom. The van der Waals surface area contributed by atoms with Crippen LogP contribution in [0.2, 0.25) is 0 Å². The summed E-state index contributed by atoms with van der Waals surface area (Å²) < 4.78 is 27.2. The molecule has 1 aliphatic heterocycles. The van der Waals surface area contributed by atoms with Gasteiger partial charge in [0.15, 0.2) is 0 Å². The van der Waals surface area contributed by atoms with E-state index >= 15 is 0 Å². The van der Waals surface area contributed by atoms with Crippen molar-refractivity contribution in [1.82, 2.24) is 0 Å². The van der Waals surface area contributed by atoms with Gasteiger partial charge in [0.05, 0.1) is 10.2 Å². The summed E-state index contributed by atoms with van der Waals surface area (Å²) in [6.45, 7) is 1.31. The zero-order valence-electron chi connectivity index (χ0n) is 8.72. The first-order valence-electron chi connectivity index (χ1n) is 5.23. The SMILES string of the molecule is NC1CCCN(c2cc(F)c(Br)cc2F)C1. The molecule has 0 saturated carbocycles. The molecule has 1 atom stereocenters. The Hall–Kier alpha value is -0.680. The molecule has 2 rings (SSSR count). The van der Waals surface area contributed by atoms with Gasteiger partial charge in [-0.3, -0.25) is 0 Å². The molecule has 0 aromatic heterocycles. The Morgan fingerprint density at radius 1 is 1.31 bits per heavy atom. The molecule has 1 aromatic carbocycles. The highest BCUT2D eigenvalue weighted by Crippen LogP contribution is 2.28. The average Bonchev–Trinajstić information content (AvgIpc) is 2.23. The number of rotatable bonds is 1. The molecule has 1 aromatic rings. The van der Waals surface area contributed by atoms with Gasteiger partial charge in [0.2, 0.25) is 0 Å². The normalized spacial score (nSPS) is 21.2. The van der Waals surface area contributed by atoms with Gasteiger partial charge >= 0.3 is 0 Å². The molecule has 0 radical (unpaired) electrons. The number of benzene rings is 1. The van der Waals surface area contributed by atoms with E-state index in [0.29, 0.717) is 12.2 Å². The van der Waals surface area contributed by atoms with Gasteiger partial charge in [-0.05, 0) is 34.8 Å². The molecule has 0 amide bonds. The second kappa shape index (κ2) is 4.67. The van der Waals surface area contributed by atoms with Crippen molar-refractivity contribution in [3.8, 4) is 0 Å². The third kappa shape index (κ3) is 2.35. The third-order valence-electron chi connectivity index (χ3n) is 2.79. The van der Waals surface area contributed by atoms with Crippen LogP contribution in [0.25, 0.3) is 0 Å². The summed E-state index contributed by atoms with van der Waals surface area (Å²) in [4.78, 5) is 1.80. The number of anilines is 1. The molecule has 1 fully saturated rings. The Kier molecular flexibility index (Phi) is 3.44. The lowest BCUT2D eigenvalue weighted by Crippen LogP contribution is -2.43. The lowest BCUT2D eigenvalue weighted by Gasteiger charge is -2.32. The largest absolute Gasteiger partial charge is 0.368 e. The van der Waals surface area contributed by atoms with Crippen LogP contribution in [-0.4, -0.2) is 19.1 Å². The van der Waals surface area contributed by atoms with Crippen LogP contribution in [0.4, 0.5) is 14.5 Å². The highest BCUT2D eigenvalue weighted by Gasteiger charge is 2.20. The van der Waals surface area contributed by atoms with Gasteiger partial charge in [0, 0.05) is 25.2 Å². The van der Waals surface area contributed by atoms with E-state index < -0.39 is 11.6 Å². The van der Waals surface area contributed by atoms with Crippen LogP contribution in [0.5, 0.6) is 0 Å². The smallest absolute Gasteiger partial charge is 0.147 e. The van der Waals surface area contributed by atoms with E-state index in [-0.39, 0.29) is 10.5 Å². The van der Waals surface area contributed by atoms with Crippen LogP contribution in [0, 0.1) is 11.6 Å². The van der Waals surface area contributed by atoms with Crippen LogP contribution in [-0.2, 0) is 0 Å². The summed E-state index contributed by atoms with van der Waals surface area (Å²) in [5.41, 5.74) is 6.12. The fourth-order valence-electron chi connectivity index (χ4n) is 1.98. The summed E-state index contributed by atoms with van der Waals surface area (Å²) in [7, 11) is 0. The van der Waals surface area contributed by atoms with E-state index in [1.54, 1.807) is 4.90 Å². The van der Waals surface area contributed by atoms with E-state index in [9.17, 15) is 8.78 Å². The molecule has 0 spiro atoms. The van der Waals surface area contributed by atoms with Gasteiger partial charge in [-0.1, -0.05) is 0 Å². The first-order valence-corrected chi connectivity index (χ1v) is 6.02. The van der Waals surface area contributed by atoms with Gasteiger partial charge in [0.1, 0.15) is 11.6 Å². The summed E-state index contributed by atoms with van der Waals surface area (Å²) >= 11 is 2.96. The molecular formula is C11H13BrF2N2. The maximum absolute atomic E-state index is 13.7.